The van der Waals surface area contributed by atoms with Crippen molar-refractivity contribution in [1.82, 2.24) is 4.90 Å². The van der Waals surface area contributed by atoms with Crippen LogP contribution in [0.3, 0.4) is 0 Å². The van der Waals surface area contributed by atoms with Crippen LogP contribution in [-0.4, -0.2) is 30.4 Å². The van der Waals surface area contributed by atoms with E-state index in [9.17, 15) is 4.79 Å². The lowest BCUT2D eigenvalue weighted by Gasteiger charge is -2.17. The molecule has 1 aromatic rings. The van der Waals surface area contributed by atoms with Crippen molar-refractivity contribution in [2.75, 3.05) is 30.7 Å². The molecule has 3 N–H and O–H groups in total. The Hall–Kier alpha value is -1.55. The quantitative estimate of drug-likeness (QED) is 0.792. The van der Waals surface area contributed by atoms with Gasteiger partial charge in [-0.15, -0.1) is 0 Å². The van der Waals surface area contributed by atoms with Crippen molar-refractivity contribution in [1.29, 1.82) is 0 Å². The fourth-order valence-corrected chi connectivity index (χ4v) is 2.90. The number of anilines is 2. The maximum absolute atomic E-state index is 11.9. The van der Waals surface area contributed by atoms with E-state index in [1.54, 1.807) is 6.07 Å². The number of likely N-dealkylation sites (tertiary alicyclic amines) is 1. The first-order chi connectivity index (χ1) is 10.1. The Morgan fingerprint density at radius 2 is 2.19 bits per heavy atom. The number of carbonyl (C=O) groups excluding carboxylic acids is 1. The molecule has 116 valence electrons. The number of benzene rings is 1. The van der Waals surface area contributed by atoms with Gasteiger partial charge in [-0.25, -0.2) is 0 Å². The summed E-state index contributed by atoms with van der Waals surface area (Å²) in [6.07, 6.45) is 2.75. The van der Waals surface area contributed by atoms with E-state index in [0.29, 0.717) is 17.8 Å². The van der Waals surface area contributed by atoms with E-state index in [4.69, 9.17) is 5.73 Å². The van der Waals surface area contributed by atoms with Gasteiger partial charge in [0.1, 0.15) is 0 Å². The molecule has 1 amide bonds. The van der Waals surface area contributed by atoms with Crippen LogP contribution >= 0.6 is 0 Å². The molecule has 21 heavy (non-hydrogen) atoms. The normalized spacial score (nSPS) is 19.1. The van der Waals surface area contributed by atoms with Gasteiger partial charge in [0.25, 0.3) is 0 Å². The Labute approximate surface area is 127 Å². The van der Waals surface area contributed by atoms with Crippen LogP contribution in [-0.2, 0) is 4.79 Å². The second kappa shape index (κ2) is 7.46. The number of rotatable bonds is 6. The molecule has 1 saturated heterocycles. The summed E-state index contributed by atoms with van der Waals surface area (Å²) in [5.74, 6) is 1.63. The van der Waals surface area contributed by atoms with E-state index >= 15 is 0 Å². The fourth-order valence-electron chi connectivity index (χ4n) is 2.90. The summed E-state index contributed by atoms with van der Waals surface area (Å²) in [5.41, 5.74) is 7.15. The van der Waals surface area contributed by atoms with E-state index in [-0.39, 0.29) is 5.91 Å². The van der Waals surface area contributed by atoms with Gasteiger partial charge in [0.05, 0.1) is 11.4 Å². The van der Waals surface area contributed by atoms with Crippen LogP contribution in [0.25, 0.3) is 0 Å². The largest absolute Gasteiger partial charge is 0.397 e. The van der Waals surface area contributed by atoms with Gasteiger partial charge >= 0.3 is 0 Å². The third-order valence-corrected chi connectivity index (χ3v) is 4.36. The summed E-state index contributed by atoms with van der Waals surface area (Å²) >= 11 is 0. The molecule has 1 heterocycles. The maximum atomic E-state index is 11.9. The summed E-state index contributed by atoms with van der Waals surface area (Å²) in [6.45, 7) is 7.97. The van der Waals surface area contributed by atoms with E-state index in [1.165, 1.54) is 19.5 Å². The SMILES string of the molecule is CC(C)C1CCN(CCCC(=O)Nc2ccccc2N)C1. The average molecular weight is 289 g/mol. The van der Waals surface area contributed by atoms with Crippen LogP contribution in [0.4, 0.5) is 11.4 Å². The molecule has 1 unspecified atom stereocenters. The standard InChI is InChI=1S/C17H27N3O/c1-13(2)14-9-11-20(12-14)10-5-8-17(21)19-16-7-4-3-6-15(16)18/h3-4,6-7,13-14H,5,8-12,18H2,1-2H3,(H,19,21). The number of hydrogen-bond acceptors (Lipinski definition) is 3. The number of nitrogens with one attached hydrogen (secondary N) is 1. The predicted octanol–water partition coefficient (Wildman–Crippen LogP) is 2.97. The van der Waals surface area contributed by atoms with Crippen molar-refractivity contribution in [3.05, 3.63) is 24.3 Å². The van der Waals surface area contributed by atoms with Gasteiger partial charge in [-0.1, -0.05) is 26.0 Å². The molecule has 0 spiro atoms. The van der Waals surface area contributed by atoms with Crippen LogP contribution in [0.15, 0.2) is 24.3 Å². The minimum absolute atomic E-state index is 0.0486. The third kappa shape index (κ3) is 4.74. The van der Waals surface area contributed by atoms with Crippen LogP contribution in [0, 0.1) is 11.8 Å². The van der Waals surface area contributed by atoms with Gasteiger partial charge in [-0.05, 0) is 49.9 Å². The van der Waals surface area contributed by atoms with Gasteiger partial charge in [-0.3, -0.25) is 4.79 Å². The highest BCUT2D eigenvalue weighted by Crippen LogP contribution is 2.23. The number of nitrogen functional groups attached to an aromatic ring is 1. The van der Waals surface area contributed by atoms with Gasteiger partial charge < -0.3 is 16.0 Å². The molecule has 1 fully saturated rings. The molecule has 0 bridgehead atoms. The highest BCUT2D eigenvalue weighted by atomic mass is 16.1. The Kier molecular flexibility index (Phi) is 5.62. The Morgan fingerprint density at radius 3 is 2.86 bits per heavy atom. The molecule has 1 aliphatic heterocycles. The van der Waals surface area contributed by atoms with E-state index in [2.05, 4.69) is 24.1 Å². The molecular formula is C17H27N3O. The second-order valence-electron chi connectivity index (χ2n) is 6.33. The van der Waals surface area contributed by atoms with Crippen LogP contribution in [0.2, 0.25) is 0 Å². The molecule has 1 aromatic carbocycles. The summed E-state index contributed by atoms with van der Waals surface area (Å²) in [4.78, 5) is 14.4. The monoisotopic (exact) mass is 289 g/mol. The average Bonchev–Trinajstić information content (AvgIpc) is 2.90. The van der Waals surface area contributed by atoms with Gasteiger partial charge in [0.2, 0.25) is 5.91 Å². The van der Waals surface area contributed by atoms with Crippen molar-refractivity contribution in [2.24, 2.45) is 11.8 Å². The molecular weight excluding hydrogens is 262 g/mol. The summed E-state index contributed by atoms with van der Waals surface area (Å²) in [6, 6.07) is 7.37. The highest BCUT2D eigenvalue weighted by molar-refractivity contribution is 5.93. The fraction of sp³-hybridized carbons (Fsp3) is 0.588. The molecule has 0 radical (unpaired) electrons. The molecule has 0 aromatic heterocycles. The predicted molar refractivity (Wildman–Crippen MR) is 88.1 cm³/mol. The molecule has 4 heteroatoms. The summed E-state index contributed by atoms with van der Waals surface area (Å²) in [7, 11) is 0. The number of nitrogens with two attached hydrogens (primary N) is 1. The van der Waals surface area contributed by atoms with Crippen molar-refractivity contribution in [3.63, 3.8) is 0 Å². The van der Waals surface area contributed by atoms with Crippen molar-refractivity contribution < 1.29 is 4.79 Å². The van der Waals surface area contributed by atoms with Crippen molar-refractivity contribution in [2.45, 2.75) is 33.1 Å². The zero-order valence-electron chi connectivity index (χ0n) is 13.1. The minimum atomic E-state index is 0.0486. The number of nitrogens with zero attached hydrogens (tertiary/aromatic N) is 1. The van der Waals surface area contributed by atoms with Crippen molar-refractivity contribution in [3.8, 4) is 0 Å². The van der Waals surface area contributed by atoms with E-state index < -0.39 is 0 Å². The topological polar surface area (TPSA) is 58.4 Å². The van der Waals surface area contributed by atoms with Crippen LogP contribution in [0.1, 0.15) is 33.1 Å². The lowest BCUT2D eigenvalue weighted by Crippen LogP contribution is -2.24. The third-order valence-electron chi connectivity index (χ3n) is 4.36. The molecule has 1 atom stereocenters. The summed E-state index contributed by atoms with van der Waals surface area (Å²) < 4.78 is 0. The molecule has 4 nitrogen and oxygen atoms in total. The maximum Gasteiger partial charge on any atom is 0.224 e. The Bertz CT molecular complexity index is 473. The first kappa shape index (κ1) is 15.8. The molecule has 0 saturated carbocycles. The number of hydrogen-bond donors (Lipinski definition) is 2. The molecule has 1 aliphatic rings. The lowest BCUT2D eigenvalue weighted by atomic mass is 9.95. The van der Waals surface area contributed by atoms with E-state index in [0.717, 1.165) is 24.8 Å². The highest BCUT2D eigenvalue weighted by Gasteiger charge is 2.24. The number of amides is 1. The van der Waals surface area contributed by atoms with Gasteiger partial charge in [0, 0.05) is 13.0 Å². The smallest absolute Gasteiger partial charge is 0.224 e. The minimum Gasteiger partial charge on any atom is -0.397 e. The van der Waals surface area contributed by atoms with Gasteiger partial charge in [-0.2, -0.15) is 0 Å². The Morgan fingerprint density at radius 1 is 1.43 bits per heavy atom. The summed E-state index contributed by atoms with van der Waals surface area (Å²) in [5, 5.41) is 2.88. The Balaban J connectivity index is 1.67. The first-order valence-electron chi connectivity index (χ1n) is 7.93. The van der Waals surface area contributed by atoms with E-state index in [1.807, 2.05) is 18.2 Å². The zero-order chi connectivity index (χ0) is 15.2. The number of carbonyl (C=O) groups is 1. The second-order valence-corrected chi connectivity index (χ2v) is 6.33. The van der Waals surface area contributed by atoms with Crippen molar-refractivity contribution >= 4 is 17.3 Å². The molecule has 2 rings (SSSR count). The lowest BCUT2D eigenvalue weighted by molar-refractivity contribution is -0.116. The number of para-hydroxylation sites is 2. The van der Waals surface area contributed by atoms with Crippen LogP contribution in [0.5, 0.6) is 0 Å². The zero-order valence-corrected chi connectivity index (χ0v) is 13.1. The molecule has 0 aliphatic carbocycles. The van der Waals surface area contributed by atoms with Gasteiger partial charge in [0.15, 0.2) is 0 Å². The van der Waals surface area contributed by atoms with Crippen LogP contribution < -0.4 is 11.1 Å². The first-order valence-corrected chi connectivity index (χ1v) is 7.93.